The van der Waals surface area contributed by atoms with Crippen molar-refractivity contribution in [2.24, 2.45) is 0 Å². The number of amides is 1. The van der Waals surface area contributed by atoms with Crippen molar-refractivity contribution in [1.82, 2.24) is 5.32 Å². The summed E-state index contributed by atoms with van der Waals surface area (Å²) in [6.07, 6.45) is 0. The first-order valence-corrected chi connectivity index (χ1v) is 8.58. The van der Waals surface area contributed by atoms with Crippen LogP contribution < -0.4 is 5.32 Å². The van der Waals surface area contributed by atoms with E-state index in [0.29, 0.717) is 5.56 Å². The summed E-state index contributed by atoms with van der Waals surface area (Å²) in [5.41, 5.74) is 6.53. The van der Waals surface area contributed by atoms with Crippen LogP contribution in [-0.4, -0.2) is 5.91 Å². The molecule has 0 aliphatic rings. The monoisotopic (exact) mass is 329 g/mol. The Kier molecular flexibility index (Phi) is 4.99. The van der Waals surface area contributed by atoms with E-state index in [1.165, 1.54) is 11.1 Å². The van der Waals surface area contributed by atoms with Gasteiger partial charge in [0.2, 0.25) is 0 Å². The molecule has 126 valence electrons. The maximum atomic E-state index is 12.5. The molecule has 2 nitrogen and oxygen atoms in total. The number of hydrogen-bond donors (Lipinski definition) is 1. The third-order valence-corrected chi connectivity index (χ3v) is 4.49. The number of carbonyl (C=O) groups excluding carboxylic acids is 1. The van der Waals surface area contributed by atoms with Gasteiger partial charge in [0.05, 0.1) is 6.04 Å². The molecule has 0 saturated carbocycles. The summed E-state index contributed by atoms with van der Waals surface area (Å²) in [6.45, 7) is 6.18. The van der Waals surface area contributed by atoms with Crippen LogP contribution in [0.25, 0.3) is 11.1 Å². The van der Waals surface area contributed by atoms with Gasteiger partial charge in [0.1, 0.15) is 0 Å². The van der Waals surface area contributed by atoms with E-state index in [9.17, 15) is 4.79 Å². The quantitative estimate of drug-likeness (QED) is 0.676. The Labute approximate surface area is 149 Å². The third kappa shape index (κ3) is 3.97. The van der Waals surface area contributed by atoms with Gasteiger partial charge in [0.25, 0.3) is 5.91 Å². The molecule has 25 heavy (non-hydrogen) atoms. The van der Waals surface area contributed by atoms with Crippen LogP contribution in [0.5, 0.6) is 0 Å². The summed E-state index contributed by atoms with van der Waals surface area (Å²) < 4.78 is 0. The number of rotatable bonds is 4. The van der Waals surface area contributed by atoms with Crippen molar-refractivity contribution in [3.8, 4) is 11.1 Å². The van der Waals surface area contributed by atoms with Crippen LogP contribution in [0.4, 0.5) is 0 Å². The molecule has 0 heterocycles. The summed E-state index contributed by atoms with van der Waals surface area (Å²) in [4.78, 5) is 12.5. The van der Waals surface area contributed by atoms with Crippen molar-refractivity contribution < 1.29 is 4.79 Å². The fourth-order valence-corrected chi connectivity index (χ4v) is 3.11. The largest absolute Gasteiger partial charge is 0.346 e. The number of hydrogen-bond acceptors (Lipinski definition) is 1. The van der Waals surface area contributed by atoms with E-state index in [4.69, 9.17) is 0 Å². The van der Waals surface area contributed by atoms with Gasteiger partial charge in [0.15, 0.2) is 0 Å². The molecule has 1 N–H and O–H groups in total. The SMILES string of the molecule is Cc1ccc([C@@H](C)NC(=O)c2ccc(-c3ccccc3)cc2)c(C)c1. The molecule has 0 radical (unpaired) electrons. The van der Waals surface area contributed by atoms with Crippen molar-refractivity contribution in [3.63, 3.8) is 0 Å². The van der Waals surface area contributed by atoms with Crippen LogP contribution >= 0.6 is 0 Å². The number of carbonyl (C=O) groups is 1. The number of aryl methyl sites for hydroxylation is 2. The molecular weight excluding hydrogens is 306 g/mol. The highest BCUT2D eigenvalue weighted by atomic mass is 16.1. The molecule has 1 atom stereocenters. The van der Waals surface area contributed by atoms with Gasteiger partial charge < -0.3 is 5.32 Å². The topological polar surface area (TPSA) is 29.1 Å². The fraction of sp³-hybridized carbons (Fsp3) is 0.174. The predicted molar refractivity (Wildman–Crippen MR) is 104 cm³/mol. The smallest absolute Gasteiger partial charge is 0.251 e. The van der Waals surface area contributed by atoms with Gasteiger partial charge in [-0.25, -0.2) is 0 Å². The fourth-order valence-electron chi connectivity index (χ4n) is 3.11. The Morgan fingerprint density at radius 2 is 1.48 bits per heavy atom. The summed E-state index contributed by atoms with van der Waals surface area (Å²) in [5, 5.41) is 3.09. The lowest BCUT2D eigenvalue weighted by Gasteiger charge is -2.17. The number of nitrogens with one attached hydrogen (secondary N) is 1. The van der Waals surface area contributed by atoms with Crippen molar-refractivity contribution in [2.75, 3.05) is 0 Å². The lowest BCUT2D eigenvalue weighted by atomic mass is 9.99. The van der Waals surface area contributed by atoms with Gasteiger partial charge >= 0.3 is 0 Å². The second-order valence-electron chi connectivity index (χ2n) is 6.50. The van der Waals surface area contributed by atoms with E-state index in [1.807, 2.05) is 49.4 Å². The molecule has 0 spiro atoms. The Bertz CT molecular complexity index is 866. The third-order valence-electron chi connectivity index (χ3n) is 4.49. The first kappa shape index (κ1) is 17.0. The highest BCUT2D eigenvalue weighted by Gasteiger charge is 2.13. The van der Waals surface area contributed by atoms with E-state index in [1.54, 1.807) is 0 Å². The Balaban J connectivity index is 1.73. The summed E-state index contributed by atoms with van der Waals surface area (Å²) in [5.74, 6) is -0.0490. The molecule has 0 bridgehead atoms. The van der Waals surface area contributed by atoms with E-state index >= 15 is 0 Å². The predicted octanol–water partition coefficient (Wildman–Crippen LogP) is 5.46. The van der Waals surface area contributed by atoms with Crippen LogP contribution in [-0.2, 0) is 0 Å². The van der Waals surface area contributed by atoms with Gasteiger partial charge in [-0.3, -0.25) is 4.79 Å². The van der Waals surface area contributed by atoms with E-state index in [0.717, 1.165) is 16.7 Å². The lowest BCUT2D eigenvalue weighted by Crippen LogP contribution is -2.27. The van der Waals surface area contributed by atoms with Crippen LogP contribution in [0.1, 0.15) is 40.0 Å². The molecular formula is C23H23NO. The maximum Gasteiger partial charge on any atom is 0.251 e. The molecule has 3 aromatic carbocycles. The Morgan fingerprint density at radius 1 is 0.840 bits per heavy atom. The average molecular weight is 329 g/mol. The molecule has 0 aliphatic heterocycles. The summed E-state index contributed by atoms with van der Waals surface area (Å²) >= 11 is 0. The normalized spacial score (nSPS) is 11.8. The molecule has 3 aromatic rings. The molecule has 0 fully saturated rings. The van der Waals surface area contributed by atoms with Crippen LogP contribution in [0, 0.1) is 13.8 Å². The zero-order chi connectivity index (χ0) is 17.8. The van der Waals surface area contributed by atoms with Crippen molar-refractivity contribution in [3.05, 3.63) is 95.1 Å². The van der Waals surface area contributed by atoms with Gasteiger partial charge in [-0.1, -0.05) is 66.2 Å². The minimum Gasteiger partial charge on any atom is -0.346 e. The van der Waals surface area contributed by atoms with E-state index < -0.39 is 0 Å². The highest BCUT2D eigenvalue weighted by molar-refractivity contribution is 5.95. The summed E-state index contributed by atoms with van der Waals surface area (Å²) in [7, 11) is 0. The van der Waals surface area contributed by atoms with Crippen molar-refractivity contribution in [2.45, 2.75) is 26.8 Å². The molecule has 0 unspecified atom stereocenters. The molecule has 0 saturated heterocycles. The minimum atomic E-state index is -0.0490. The molecule has 3 rings (SSSR count). The van der Waals surface area contributed by atoms with Crippen LogP contribution in [0.2, 0.25) is 0 Å². The second-order valence-corrected chi connectivity index (χ2v) is 6.50. The molecule has 1 amide bonds. The van der Waals surface area contributed by atoms with Crippen molar-refractivity contribution in [1.29, 1.82) is 0 Å². The standard InChI is InChI=1S/C23H23NO/c1-16-9-14-22(17(2)15-16)18(3)24-23(25)21-12-10-20(11-13-21)19-7-5-4-6-8-19/h4-15,18H,1-3H3,(H,24,25)/t18-/m1/s1. The Hall–Kier alpha value is -2.87. The van der Waals surface area contributed by atoms with Crippen LogP contribution in [0.15, 0.2) is 72.8 Å². The van der Waals surface area contributed by atoms with Crippen molar-refractivity contribution >= 4 is 5.91 Å². The molecule has 0 aliphatic carbocycles. The average Bonchev–Trinajstić information content (AvgIpc) is 2.62. The Morgan fingerprint density at radius 3 is 2.12 bits per heavy atom. The zero-order valence-electron chi connectivity index (χ0n) is 14.9. The van der Waals surface area contributed by atoms with E-state index in [2.05, 4.69) is 49.5 Å². The first-order chi connectivity index (χ1) is 12.0. The van der Waals surface area contributed by atoms with Crippen LogP contribution in [0.3, 0.4) is 0 Å². The lowest BCUT2D eigenvalue weighted by molar-refractivity contribution is 0.0940. The van der Waals surface area contributed by atoms with Gasteiger partial charge in [-0.15, -0.1) is 0 Å². The van der Waals surface area contributed by atoms with E-state index in [-0.39, 0.29) is 11.9 Å². The van der Waals surface area contributed by atoms with Gasteiger partial charge in [0, 0.05) is 5.56 Å². The molecule has 2 heteroatoms. The van der Waals surface area contributed by atoms with Gasteiger partial charge in [-0.05, 0) is 55.2 Å². The number of benzene rings is 3. The highest BCUT2D eigenvalue weighted by Crippen LogP contribution is 2.21. The summed E-state index contributed by atoms with van der Waals surface area (Å²) in [6, 6.07) is 24.2. The van der Waals surface area contributed by atoms with Gasteiger partial charge in [-0.2, -0.15) is 0 Å². The second kappa shape index (κ2) is 7.35. The zero-order valence-corrected chi connectivity index (χ0v) is 14.9. The minimum absolute atomic E-state index is 0.0260. The maximum absolute atomic E-state index is 12.5. The molecule has 0 aromatic heterocycles. The first-order valence-electron chi connectivity index (χ1n) is 8.58.